The molecular weight excluding hydrogens is 272 g/mol. The van der Waals surface area contributed by atoms with Gasteiger partial charge in [-0.3, -0.25) is 0 Å². The number of thiol groups is 1. The summed E-state index contributed by atoms with van der Waals surface area (Å²) in [5.41, 5.74) is 5.98. The second kappa shape index (κ2) is 7.17. The average molecular weight is 296 g/mol. The first-order valence-corrected chi connectivity index (χ1v) is 8.84. The first kappa shape index (κ1) is 14.7. The van der Waals surface area contributed by atoms with Gasteiger partial charge in [-0.1, -0.05) is 74.2 Å². The quantitative estimate of drug-likeness (QED) is 0.465. The number of rotatable bonds is 7. The number of hydrogen-bond donors (Lipinski definition) is 1. The first-order chi connectivity index (χ1) is 10.4. The van der Waals surface area contributed by atoms with Crippen molar-refractivity contribution in [1.82, 2.24) is 0 Å². The zero-order valence-electron chi connectivity index (χ0n) is 12.6. The highest BCUT2D eigenvalue weighted by Gasteiger charge is 2.27. The van der Waals surface area contributed by atoms with Gasteiger partial charge in [-0.25, -0.2) is 0 Å². The third-order valence-corrected chi connectivity index (χ3v) is 4.93. The molecule has 3 rings (SSSR count). The molecule has 0 aliphatic heterocycles. The Morgan fingerprint density at radius 1 is 0.667 bits per heavy atom. The van der Waals surface area contributed by atoms with Crippen molar-refractivity contribution in [2.45, 2.75) is 44.4 Å². The standard InChI is InChI=1S/C20H24S/c21-15-9-3-1-2-4-10-16-17-11-5-7-13-19(17)20-14-8-6-12-18(16)20/h5-8,11-14,16,21H,1-4,9-10,15H2. The number of fused-ring (bicyclic) bond motifs is 3. The molecule has 0 bridgehead atoms. The molecule has 1 heteroatoms. The van der Waals surface area contributed by atoms with Crippen molar-refractivity contribution in [3.05, 3.63) is 59.7 Å². The van der Waals surface area contributed by atoms with Crippen LogP contribution in [0.5, 0.6) is 0 Å². The Hall–Kier alpha value is -1.21. The summed E-state index contributed by atoms with van der Waals surface area (Å²) in [4.78, 5) is 0. The summed E-state index contributed by atoms with van der Waals surface area (Å²) < 4.78 is 0. The minimum atomic E-state index is 0.613. The van der Waals surface area contributed by atoms with Crippen LogP contribution in [0.25, 0.3) is 11.1 Å². The maximum absolute atomic E-state index is 4.28. The third kappa shape index (κ3) is 3.18. The van der Waals surface area contributed by atoms with E-state index in [-0.39, 0.29) is 0 Å². The van der Waals surface area contributed by atoms with Gasteiger partial charge in [0, 0.05) is 5.92 Å². The zero-order valence-corrected chi connectivity index (χ0v) is 13.5. The van der Waals surface area contributed by atoms with E-state index in [9.17, 15) is 0 Å². The van der Waals surface area contributed by atoms with Crippen LogP contribution in [0.3, 0.4) is 0 Å². The van der Waals surface area contributed by atoms with Crippen molar-refractivity contribution in [1.29, 1.82) is 0 Å². The molecule has 0 amide bonds. The Kier molecular flexibility index (Phi) is 5.03. The van der Waals surface area contributed by atoms with Gasteiger partial charge in [0.25, 0.3) is 0 Å². The van der Waals surface area contributed by atoms with E-state index in [0.29, 0.717) is 5.92 Å². The Morgan fingerprint density at radius 3 is 1.81 bits per heavy atom. The molecule has 0 fully saturated rings. The van der Waals surface area contributed by atoms with Crippen molar-refractivity contribution in [2.75, 3.05) is 5.75 Å². The van der Waals surface area contributed by atoms with Gasteiger partial charge in [0.1, 0.15) is 0 Å². The number of unbranched alkanes of at least 4 members (excludes halogenated alkanes) is 4. The van der Waals surface area contributed by atoms with Gasteiger partial charge in [0.2, 0.25) is 0 Å². The van der Waals surface area contributed by atoms with Crippen LogP contribution in [0.2, 0.25) is 0 Å². The second-order valence-corrected chi connectivity index (χ2v) is 6.45. The monoisotopic (exact) mass is 296 g/mol. The molecule has 110 valence electrons. The van der Waals surface area contributed by atoms with Crippen molar-refractivity contribution in [2.24, 2.45) is 0 Å². The smallest absolute Gasteiger partial charge is 0.0102 e. The highest BCUT2D eigenvalue weighted by Crippen LogP contribution is 2.46. The summed E-state index contributed by atoms with van der Waals surface area (Å²) in [6, 6.07) is 17.9. The van der Waals surface area contributed by atoms with E-state index >= 15 is 0 Å². The predicted molar refractivity (Wildman–Crippen MR) is 95.3 cm³/mol. The fourth-order valence-electron chi connectivity index (χ4n) is 3.56. The normalized spacial score (nSPS) is 13.2. The van der Waals surface area contributed by atoms with Gasteiger partial charge in [-0.2, -0.15) is 12.6 Å². The van der Waals surface area contributed by atoms with Crippen LogP contribution in [-0.4, -0.2) is 5.75 Å². The lowest BCUT2D eigenvalue weighted by atomic mass is 9.91. The van der Waals surface area contributed by atoms with E-state index in [1.54, 1.807) is 0 Å². The topological polar surface area (TPSA) is 0 Å². The minimum Gasteiger partial charge on any atom is -0.179 e. The van der Waals surface area contributed by atoms with Gasteiger partial charge in [0.15, 0.2) is 0 Å². The molecule has 0 heterocycles. The fraction of sp³-hybridized carbons (Fsp3) is 0.400. The van der Waals surface area contributed by atoms with Gasteiger partial charge in [0.05, 0.1) is 0 Å². The molecule has 0 radical (unpaired) electrons. The molecule has 0 saturated carbocycles. The Bertz CT molecular complexity index is 542. The molecular formula is C20H24S. The van der Waals surface area contributed by atoms with E-state index in [2.05, 4.69) is 61.2 Å². The minimum absolute atomic E-state index is 0.613. The second-order valence-electron chi connectivity index (χ2n) is 6.01. The molecule has 2 aromatic rings. The Morgan fingerprint density at radius 2 is 1.19 bits per heavy atom. The maximum atomic E-state index is 4.28. The lowest BCUT2D eigenvalue weighted by Gasteiger charge is -2.13. The molecule has 0 N–H and O–H groups in total. The van der Waals surface area contributed by atoms with E-state index < -0.39 is 0 Å². The van der Waals surface area contributed by atoms with Gasteiger partial charge in [-0.05, 0) is 40.8 Å². The fourth-order valence-corrected chi connectivity index (χ4v) is 3.79. The van der Waals surface area contributed by atoms with Crippen LogP contribution in [0.15, 0.2) is 48.5 Å². The van der Waals surface area contributed by atoms with Crippen molar-refractivity contribution in [3.63, 3.8) is 0 Å². The summed E-state index contributed by atoms with van der Waals surface area (Å²) in [5, 5.41) is 0. The van der Waals surface area contributed by atoms with Crippen molar-refractivity contribution in [3.8, 4) is 11.1 Å². The number of hydrogen-bond acceptors (Lipinski definition) is 1. The van der Waals surface area contributed by atoms with Gasteiger partial charge >= 0.3 is 0 Å². The molecule has 1 aliphatic carbocycles. The van der Waals surface area contributed by atoms with Crippen LogP contribution in [-0.2, 0) is 0 Å². The molecule has 21 heavy (non-hydrogen) atoms. The van der Waals surface area contributed by atoms with Crippen LogP contribution >= 0.6 is 12.6 Å². The largest absolute Gasteiger partial charge is 0.179 e. The van der Waals surface area contributed by atoms with Crippen molar-refractivity contribution >= 4 is 12.6 Å². The Labute approximate surface area is 134 Å². The summed E-state index contributed by atoms with van der Waals surface area (Å²) in [6.07, 6.45) is 7.93. The van der Waals surface area contributed by atoms with Crippen molar-refractivity contribution < 1.29 is 0 Å². The van der Waals surface area contributed by atoms with Crippen LogP contribution in [0.4, 0.5) is 0 Å². The molecule has 2 aromatic carbocycles. The highest BCUT2D eigenvalue weighted by molar-refractivity contribution is 7.80. The van der Waals surface area contributed by atoms with E-state index in [0.717, 1.165) is 5.75 Å². The molecule has 0 spiro atoms. The molecule has 0 unspecified atom stereocenters. The summed E-state index contributed by atoms with van der Waals surface area (Å²) in [7, 11) is 0. The Balaban J connectivity index is 1.68. The SMILES string of the molecule is SCCCCCCCC1c2ccccc2-c2ccccc21. The summed E-state index contributed by atoms with van der Waals surface area (Å²) in [5.74, 6) is 1.64. The average Bonchev–Trinajstić information content (AvgIpc) is 2.85. The van der Waals surface area contributed by atoms with Gasteiger partial charge < -0.3 is 0 Å². The lowest BCUT2D eigenvalue weighted by Crippen LogP contribution is -1.96. The zero-order chi connectivity index (χ0) is 14.5. The van der Waals surface area contributed by atoms with Crippen LogP contribution < -0.4 is 0 Å². The first-order valence-electron chi connectivity index (χ1n) is 8.21. The summed E-state index contributed by atoms with van der Waals surface area (Å²) in [6.45, 7) is 0. The van der Waals surface area contributed by atoms with E-state index in [1.165, 1.54) is 60.8 Å². The third-order valence-electron chi connectivity index (χ3n) is 4.61. The molecule has 0 nitrogen and oxygen atoms in total. The molecule has 0 aromatic heterocycles. The summed E-state index contributed by atoms with van der Waals surface area (Å²) >= 11 is 4.28. The highest BCUT2D eigenvalue weighted by atomic mass is 32.1. The predicted octanol–water partition coefficient (Wildman–Crippen LogP) is 6.07. The van der Waals surface area contributed by atoms with Crippen LogP contribution in [0.1, 0.15) is 55.6 Å². The van der Waals surface area contributed by atoms with Crippen LogP contribution in [0, 0.1) is 0 Å². The van der Waals surface area contributed by atoms with E-state index in [1.807, 2.05) is 0 Å². The molecule has 0 saturated heterocycles. The maximum Gasteiger partial charge on any atom is 0.0102 e. The van der Waals surface area contributed by atoms with E-state index in [4.69, 9.17) is 0 Å². The molecule has 0 atom stereocenters. The number of benzene rings is 2. The lowest BCUT2D eigenvalue weighted by molar-refractivity contribution is 0.586. The van der Waals surface area contributed by atoms with Gasteiger partial charge in [-0.15, -0.1) is 0 Å². The molecule has 1 aliphatic rings.